The number of carbonyl (C=O) groups excluding carboxylic acids is 8. The zero-order valence-corrected chi connectivity index (χ0v) is 41.0. The normalized spacial score (nSPS) is 19.0. The molecule has 9 amide bonds. The van der Waals surface area contributed by atoms with Crippen LogP contribution in [0, 0.1) is 0 Å². The molecule has 9 N–H and O–H groups in total. The maximum absolute atomic E-state index is 13.9. The highest BCUT2D eigenvalue weighted by Gasteiger charge is 2.42. The van der Waals surface area contributed by atoms with Gasteiger partial charge in [-0.2, -0.15) is 11.8 Å². The Morgan fingerprint density at radius 2 is 1.49 bits per heavy atom. The Morgan fingerprint density at radius 3 is 2.16 bits per heavy atom. The Kier molecular flexibility index (Phi) is 25.9. The lowest BCUT2D eigenvalue weighted by Crippen LogP contribution is -2.58. The van der Waals surface area contributed by atoms with Crippen molar-refractivity contribution >= 4 is 64.8 Å². The topological polar surface area (TPSA) is 276 Å². The number of hydrogen-bond donors (Lipinski definition) is 9. The van der Waals surface area contributed by atoms with E-state index in [9.17, 15) is 38.4 Å². The van der Waals surface area contributed by atoms with Gasteiger partial charge >= 0.3 is 6.03 Å². The first-order valence-electron chi connectivity index (χ1n) is 24.2. The molecule has 69 heavy (non-hydrogen) atoms. The predicted molar refractivity (Wildman–Crippen MR) is 261 cm³/mol. The zero-order valence-electron chi connectivity index (χ0n) is 40.2. The molecule has 384 valence electrons. The fraction of sp³-hybridized carbons (Fsp3) is 0.660. The van der Waals surface area contributed by atoms with Gasteiger partial charge in [-0.25, -0.2) is 4.79 Å². The first kappa shape index (κ1) is 56.3. The second-order valence-electron chi connectivity index (χ2n) is 17.1. The van der Waals surface area contributed by atoms with Crippen molar-refractivity contribution < 1.29 is 52.6 Å². The van der Waals surface area contributed by atoms with Gasteiger partial charge in [-0.1, -0.05) is 25.1 Å². The third-order valence-corrected chi connectivity index (χ3v) is 13.3. The van der Waals surface area contributed by atoms with Crippen LogP contribution in [0.15, 0.2) is 36.9 Å². The SMILES string of the molecule is C=CC(=O)Nc1cccc(CNC(=O)[C@@H]2CCCN2C(=O)[C@H](CNC(=O)CCCC(=O)NCCCOCCOCCOCCCNC(=O)CCCC[C@@H]2SC[C@@H]3NC(=O)N[C@@H]32)NC(=O)[C@H](C)NC)c1. The van der Waals surface area contributed by atoms with Crippen molar-refractivity contribution in [1.82, 2.24) is 47.4 Å². The molecule has 0 bridgehead atoms. The number of hydrogen-bond acceptors (Lipinski definition) is 13. The smallest absolute Gasteiger partial charge is 0.315 e. The molecule has 0 aliphatic carbocycles. The monoisotopic (exact) mass is 987 g/mol. The Bertz CT molecular complexity index is 1860. The van der Waals surface area contributed by atoms with Crippen molar-refractivity contribution in [1.29, 1.82) is 0 Å². The van der Waals surface area contributed by atoms with E-state index in [4.69, 9.17) is 14.2 Å². The average Bonchev–Trinajstić information content (AvgIpc) is 4.08. The lowest BCUT2D eigenvalue weighted by atomic mass is 10.0. The molecule has 4 rings (SSSR count). The number of likely N-dealkylation sites (tertiary alicyclic amines) is 1. The van der Waals surface area contributed by atoms with Crippen LogP contribution in [-0.2, 0) is 54.3 Å². The molecule has 0 spiro atoms. The van der Waals surface area contributed by atoms with Crippen LogP contribution in [0.2, 0.25) is 0 Å². The van der Waals surface area contributed by atoms with Crippen molar-refractivity contribution in [2.75, 3.05) is 83.9 Å². The van der Waals surface area contributed by atoms with Crippen LogP contribution >= 0.6 is 11.8 Å². The number of rotatable bonds is 34. The first-order valence-corrected chi connectivity index (χ1v) is 25.2. The van der Waals surface area contributed by atoms with Crippen molar-refractivity contribution in [3.05, 3.63) is 42.5 Å². The van der Waals surface area contributed by atoms with Crippen LogP contribution in [0.5, 0.6) is 0 Å². The van der Waals surface area contributed by atoms with Crippen LogP contribution in [0.1, 0.15) is 83.1 Å². The predicted octanol–water partition coefficient (Wildman–Crippen LogP) is 0.586. The summed E-state index contributed by atoms with van der Waals surface area (Å²) in [5, 5.41) is 25.9. The third kappa shape index (κ3) is 21.1. The number of carbonyl (C=O) groups is 8. The maximum Gasteiger partial charge on any atom is 0.315 e. The molecule has 3 saturated heterocycles. The number of nitrogens with one attached hydrogen (secondary N) is 9. The summed E-state index contributed by atoms with van der Waals surface area (Å²) in [5.74, 6) is -1.28. The quantitative estimate of drug-likeness (QED) is 0.0260. The molecule has 1 aromatic rings. The van der Waals surface area contributed by atoms with E-state index >= 15 is 0 Å². The molecule has 3 aliphatic rings. The van der Waals surface area contributed by atoms with E-state index < -0.39 is 35.8 Å². The van der Waals surface area contributed by atoms with Crippen LogP contribution < -0.4 is 47.9 Å². The molecule has 22 heteroatoms. The molecular formula is C47H74N10O11S. The Hall–Kier alpha value is -5.29. The summed E-state index contributed by atoms with van der Waals surface area (Å²) < 4.78 is 16.7. The zero-order chi connectivity index (χ0) is 49.8. The maximum atomic E-state index is 13.9. The fourth-order valence-corrected chi connectivity index (χ4v) is 9.44. The van der Waals surface area contributed by atoms with Gasteiger partial charge in [0.25, 0.3) is 0 Å². The standard InChI is InChI=1S/C47H74N10O11S/c1-4-39(58)53-34-13-7-12-33(28-34)29-52-45(63)37-14-9-21-57(37)46(64)35(54-44(62)32(2)48-3)30-51-42(61)18-8-17-41(60)50-20-11-23-67-25-27-68-26-24-66-22-10-19-49-40(59)16-6-5-15-38-43-36(31-69-38)55-47(65)56-43/h4,7,12-13,28,32,35-38,43,48H,1,5-6,8-11,14-27,29-31H2,2-3H3,(H,49,59)(H,50,60)(H,51,61)(H,52,63)(H,53,58)(H,54,62)(H2,55,56,65)/t32-,35-,36-,37-,38-,43-/m0/s1. The molecule has 0 radical (unpaired) electrons. The van der Waals surface area contributed by atoms with E-state index in [1.807, 2.05) is 11.8 Å². The Balaban J connectivity index is 0.981. The van der Waals surface area contributed by atoms with Gasteiger partial charge in [0.15, 0.2) is 0 Å². The largest absolute Gasteiger partial charge is 0.379 e. The number of benzene rings is 1. The molecule has 1 aromatic carbocycles. The van der Waals surface area contributed by atoms with Crippen molar-refractivity contribution in [3.8, 4) is 0 Å². The summed E-state index contributed by atoms with van der Waals surface area (Å²) in [6, 6.07) is 4.79. The second-order valence-corrected chi connectivity index (χ2v) is 18.4. The van der Waals surface area contributed by atoms with Crippen molar-refractivity contribution in [3.63, 3.8) is 0 Å². The minimum atomic E-state index is -1.13. The molecule has 6 atom stereocenters. The Labute approximate surface area is 409 Å². The van der Waals surface area contributed by atoms with Crippen LogP contribution in [-0.4, -0.2) is 166 Å². The third-order valence-electron chi connectivity index (χ3n) is 11.8. The van der Waals surface area contributed by atoms with Gasteiger partial charge in [0.05, 0.1) is 44.6 Å². The fourth-order valence-electron chi connectivity index (χ4n) is 7.90. The van der Waals surface area contributed by atoms with Crippen LogP contribution in [0.25, 0.3) is 0 Å². The van der Waals surface area contributed by atoms with Crippen LogP contribution in [0.3, 0.4) is 0 Å². The second kappa shape index (κ2) is 31.8. The molecule has 0 unspecified atom stereocenters. The van der Waals surface area contributed by atoms with Gasteiger partial charge in [-0.05, 0) is 82.7 Å². The number of thioether (sulfide) groups is 1. The van der Waals surface area contributed by atoms with Crippen molar-refractivity contribution in [2.24, 2.45) is 0 Å². The lowest BCUT2D eigenvalue weighted by molar-refractivity contribution is -0.141. The average molecular weight is 987 g/mol. The molecule has 3 heterocycles. The van der Waals surface area contributed by atoms with Gasteiger partial charge in [0, 0.05) is 81.9 Å². The highest BCUT2D eigenvalue weighted by molar-refractivity contribution is 8.00. The first-order chi connectivity index (χ1) is 33.4. The summed E-state index contributed by atoms with van der Waals surface area (Å²) in [7, 11) is 1.61. The number of anilines is 1. The molecular weight excluding hydrogens is 913 g/mol. The molecule has 21 nitrogen and oxygen atoms in total. The lowest BCUT2D eigenvalue weighted by Gasteiger charge is -2.29. The van der Waals surface area contributed by atoms with Crippen LogP contribution in [0.4, 0.5) is 10.5 Å². The number of fused-ring (bicyclic) bond motifs is 1. The van der Waals surface area contributed by atoms with Gasteiger partial charge in [-0.15, -0.1) is 0 Å². The summed E-state index contributed by atoms with van der Waals surface area (Å²) >= 11 is 1.89. The van der Waals surface area contributed by atoms with Gasteiger partial charge in [-0.3, -0.25) is 33.6 Å². The number of unbranched alkanes of at least 4 members (excludes halogenated alkanes) is 1. The highest BCUT2D eigenvalue weighted by atomic mass is 32.2. The van der Waals surface area contributed by atoms with E-state index in [0.29, 0.717) is 102 Å². The minimum absolute atomic E-state index is 0.0273. The highest BCUT2D eigenvalue weighted by Crippen LogP contribution is 2.33. The number of ether oxygens (including phenoxy) is 3. The summed E-state index contributed by atoms with van der Waals surface area (Å²) in [4.78, 5) is 102. The number of amides is 9. The van der Waals surface area contributed by atoms with E-state index in [2.05, 4.69) is 54.4 Å². The molecule has 0 saturated carbocycles. The number of urea groups is 1. The number of nitrogens with zero attached hydrogens (tertiary/aromatic N) is 1. The molecule has 3 fully saturated rings. The summed E-state index contributed by atoms with van der Waals surface area (Å²) in [6.45, 7) is 8.93. The van der Waals surface area contributed by atoms with Crippen molar-refractivity contribution in [2.45, 2.75) is 120 Å². The van der Waals surface area contributed by atoms with E-state index in [1.54, 1.807) is 38.2 Å². The minimum Gasteiger partial charge on any atom is -0.379 e. The van der Waals surface area contributed by atoms with E-state index in [0.717, 1.165) is 36.7 Å². The summed E-state index contributed by atoms with van der Waals surface area (Å²) in [6.07, 6.45) is 7.17. The van der Waals surface area contributed by atoms with Gasteiger partial charge < -0.3 is 67.0 Å². The van der Waals surface area contributed by atoms with E-state index in [-0.39, 0.29) is 74.1 Å². The van der Waals surface area contributed by atoms with Gasteiger partial charge in [0.1, 0.15) is 12.1 Å². The number of likely N-dealkylation sites (N-methyl/N-ethyl adjacent to an activating group) is 1. The molecule has 3 aliphatic heterocycles. The summed E-state index contributed by atoms with van der Waals surface area (Å²) in [5.41, 5.74) is 1.28. The van der Waals surface area contributed by atoms with Gasteiger partial charge in [0.2, 0.25) is 41.4 Å². The molecule has 0 aromatic heterocycles. The van der Waals surface area contributed by atoms with E-state index in [1.165, 1.54) is 4.90 Å². The Morgan fingerprint density at radius 1 is 0.841 bits per heavy atom.